The summed E-state index contributed by atoms with van der Waals surface area (Å²) in [5, 5.41) is 0. The number of hydrogen-bond acceptors (Lipinski definition) is 4. The van der Waals surface area contributed by atoms with Crippen LogP contribution in [0.1, 0.15) is 34.5 Å². The van der Waals surface area contributed by atoms with Gasteiger partial charge in [-0.25, -0.2) is 0 Å². The van der Waals surface area contributed by atoms with E-state index in [1.54, 1.807) is 16.0 Å². The Labute approximate surface area is 176 Å². The molecule has 0 atom stereocenters. The minimum Gasteiger partial charge on any atom is -0.338 e. The van der Waals surface area contributed by atoms with Crippen LogP contribution in [0.3, 0.4) is 0 Å². The summed E-state index contributed by atoms with van der Waals surface area (Å²) in [7, 11) is 0. The van der Waals surface area contributed by atoms with E-state index < -0.39 is 11.8 Å². The van der Waals surface area contributed by atoms with Gasteiger partial charge in [0, 0.05) is 44.0 Å². The van der Waals surface area contributed by atoms with Crippen LogP contribution in [0, 0.1) is 6.92 Å². The lowest BCUT2D eigenvalue weighted by molar-refractivity contribution is -0.158. The second-order valence-electron chi connectivity index (χ2n) is 7.94. The molecule has 0 radical (unpaired) electrons. The molecular weight excluding hydrogens is 380 g/mol. The molecule has 7 heteroatoms. The third kappa shape index (κ3) is 4.20. The van der Waals surface area contributed by atoms with E-state index >= 15 is 0 Å². The number of likely N-dealkylation sites (tertiary alicyclic amines) is 1. The zero-order chi connectivity index (χ0) is 21.1. The van der Waals surface area contributed by atoms with Gasteiger partial charge in [0.2, 0.25) is 0 Å². The van der Waals surface area contributed by atoms with Gasteiger partial charge >= 0.3 is 11.8 Å². The fraction of sp³-hybridized carbons (Fsp3) is 0.391. The van der Waals surface area contributed by atoms with Gasteiger partial charge in [0.15, 0.2) is 0 Å². The smallest absolute Gasteiger partial charge is 0.312 e. The van der Waals surface area contributed by atoms with E-state index in [4.69, 9.17) is 0 Å². The van der Waals surface area contributed by atoms with Gasteiger partial charge in [-0.1, -0.05) is 23.8 Å². The molecule has 7 nitrogen and oxygen atoms in total. The normalized spacial score (nSPS) is 18.1. The number of nitrogens with zero attached hydrogens (tertiary/aromatic N) is 4. The predicted octanol–water partition coefficient (Wildman–Crippen LogP) is 1.87. The van der Waals surface area contributed by atoms with Crippen molar-refractivity contribution in [2.45, 2.75) is 32.4 Å². The monoisotopic (exact) mass is 406 g/mol. The summed E-state index contributed by atoms with van der Waals surface area (Å²) >= 11 is 0. The van der Waals surface area contributed by atoms with Crippen molar-refractivity contribution in [1.29, 1.82) is 0 Å². The summed E-state index contributed by atoms with van der Waals surface area (Å²) in [4.78, 5) is 47.4. The van der Waals surface area contributed by atoms with E-state index in [1.165, 1.54) is 0 Å². The van der Waals surface area contributed by atoms with Gasteiger partial charge in [-0.2, -0.15) is 0 Å². The highest BCUT2D eigenvalue weighted by Gasteiger charge is 2.38. The van der Waals surface area contributed by atoms with Crippen LogP contribution in [0.5, 0.6) is 0 Å². The zero-order valence-electron chi connectivity index (χ0n) is 17.2. The van der Waals surface area contributed by atoms with Crippen LogP contribution < -0.4 is 0 Å². The fourth-order valence-corrected chi connectivity index (χ4v) is 4.14. The first-order valence-electron chi connectivity index (χ1n) is 10.4. The molecule has 0 saturated carbocycles. The fourth-order valence-electron chi connectivity index (χ4n) is 4.14. The number of piperidine rings is 1. The lowest BCUT2D eigenvalue weighted by Gasteiger charge is -2.42. The first-order chi connectivity index (χ1) is 14.5. The predicted molar refractivity (Wildman–Crippen MR) is 111 cm³/mol. The second-order valence-corrected chi connectivity index (χ2v) is 7.94. The van der Waals surface area contributed by atoms with Gasteiger partial charge in [-0.05, 0) is 44.0 Å². The van der Waals surface area contributed by atoms with E-state index in [0.717, 1.165) is 11.3 Å². The summed E-state index contributed by atoms with van der Waals surface area (Å²) < 4.78 is 0. The molecule has 1 aromatic heterocycles. The lowest BCUT2D eigenvalue weighted by atomic mass is 10.0. The maximum atomic E-state index is 12.7. The molecular formula is C23H26N4O3. The largest absolute Gasteiger partial charge is 0.338 e. The Hall–Kier alpha value is -3.22. The number of rotatable bonds is 4. The van der Waals surface area contributed by atoms with E-state index in [0.29, 0.717) is 51.1 Å². The molecule has 1 aromatic carbocycles. The van der Waals surface area contributed by atoms with Gasteiger partial charge in [0.25, 0.3) is 5.91 Å². The third-order valence-corrected chi connectivity index (χ3v) is 5.91. The number of pyridine rings is 1. The maximum absolute atomic E-state index is 12.7. The molecule has 2 saturated heterocycles. The highest BCUT2D eigenvalue weighted by atomic mass is 16.2. The van der Waals surface area contributed by atoms with Crippen molar-refractivity contribution in [3.05, 3.63) is 65.5 Å². The third-order valence-electron chi connectivity index (χ3n) is 5.91. The van der Waals surface area contributed by atoms with Crippen LogP contribution >= 0.6 is 0 Å². The molecule has 0 aliphatic carbocycles. The number of aryl methyl sites for hydroxylation is 1. The van der Waals surface area contributed by atoms with Crippen molar-refractivity contribution in [3.63, 3.8) is 0 Å². The topological polar surface area (TPSA) is 73.8 Å². The lowest BCUT2D eigenvalue weighted by Crippen LogP contribution is -2.59. The molecule has 2 aromatic rings. The number of piperazine rings is 1. The number of benzene rings is 1. The number of hydrogen-bond donors (Lipinski definition) is 0. The molecule has 0 unspecified atom stereocenters. The number of carbonyl (C=O) groups is 3. The van der Waals surface area contributed by atoms with Gasteiger partial charge in [0.05, 0.1) is 12.2 Å². The Morgan fingerprint density at radius 2 is 1.70 bits per heavy atom. The van der Waals surface area contributed by atoms with Crippen LogP contribution in [0.2, 0.25) is 0 Å². The number of amides is 3. The molecule has 4 rings (SSSR count). The average Bonchev–Trinajstić information content (AvgIpc) is 2.78. The summed E-state index contributed by atoms with van der Waals surface area (Å²) in [6.45, 7) is 4.55. The standard InChI is InChI=1S/C23H26N4O3/c1-17-5-7-18(8-6-17)21(28)25-12-9-20(10-13-25)27-15-14-26(22(29)23(27)30)16-19-4-2-3-11-24-19/h2-8,11,20H,9-10,12-16H2,1H3. The molecule has 3 heterocycles. The minimum atomic E-state index is -0.468. The molecule has 3 amide bonds. The number of carbonyl (C=O) groups excluding carboxylic acids is 3. The van der Waals surface area contributed by atoms with Gasteiger partial charge in [-0.3, -0.25) is 19.4 Å². The van der Waals surface area contributed by atoms with Crippen molar-refractivity contribution >= 4 is 17.7 Å². The maximum Gasteiger partial charge on any atom is 0.312 e. The summed E-state index contributed by atoms with van der Waals surface area (Å²) in [5.74, 6) is -0.887. The molecule has 2 fully saturated rings. The van der Waals surface area contributed by atoms with Gasteiger partial charge in [0.1, 0.15) is 0 Å². The summed E-state index contributed by atoms with van der Waals surface area (Å²) in [5.41, 5.74) is 2.58. The van der Waals surface area contributed by atoms with E-state index in [9.17, 15) is 14.4 Å². The quantitative estimate of drug-likeness (QED) is 0.727. The van der Waals surface area contributed by atoms with E-state index in [1.807, 2.05) is 54.3 Å². The highest BCUT2D eigenvalue weighted by molar-refractivity contribution is 6.35. The first kappa shape index (κ1) is 20.1. The second kappa shape index (κ2) is 8.65. The van der Waals surface area contributed by atoms with Crippen LogP contribution in [-0.4, -0.2) is 69.6 Å². The first-order valence-corrected chi connectivity index (χ1v) is 10.4. The van der Waals surface area contributed by atoms with E-state index in [-0.39, 0.29) is 11.9 Å². The van der Waals surface area contributed by atoms with Crippen molar-refractivity contribution < 1.29 is 14.4 Å². The summed E-state index contributed by atoms with van der Waals surface area (Å²) in [6, 6.07) is 13.1. The molecule has 156 valence electrons. The Morgan fingerprint density at radius 1 is 0.967 bits per heavy atom. The van der Waals surface area contributed by atoms with Crippen molar-refractivity contribution in [2.24, 2.45) is 0 Å². The number of aromatic nitrogens is 1. The minimum absolute atomic E-state index is 0.000480. The molecule has 0 N–H and O–H groups in total. The average molecular weight is 406 g/mol. The summed E-state index contributed by atoms with van der Waals surface area (Å²) in [6.07, 6.45) is 3.07. The Balaban J connectivity index is 1.33. The Kier molecular flexibility index (Phi) is 5.79. The van der Waals surface area contributed by atoms with Crippen LogP contribution in [-0.2, 0) is 16.1 Å². The van der Waals surface area contributed by atoms with Crippen LogP contribution in [0.15, 0.2) is 48.7 Å². The molecule has 2 aliphatic rings. The van der Waals surface area contributed by atoms with Crippen LogP contribution in [0.4, 0.5) is 0 Å². The van der Waals surface area contributed by atoms with Gasteiger partial charge in [-0.15, -0.1) is 0 Å². The highest BCUT2D eigenvalue weighted by Crippen LogP contribution is 2.21. The van der Waals surface area contributed by atoms with Crippen molar-refractivity contribution in [2.75, 3.05) is 26.2 Å². The Morgan fingerprint density at radius 3 is 2.37 bits per heavy atom. The van der Waals surface area contributed by atoms with Crippen molar-refractivity contribution in [1.82, 2.24) is 19.7 Å². The zero-order valence-corrected chi connectivity index (χ0v) is 17.2. The Bertz CT molecular complexity index is 921. The molecule has 0 spiro atoms. The van der Waals surface area contributed by atoms with E-state index in [2.05, 4.69) is 4.98 Å². The van der Waals surface area contributed by atoms with Crippen LogP contribution in [0.25, 0.3) is 0 Å². The molecule has 2 aliphatic heterocycles. The molecule has 0 bridgehead atoms. The van der Waals surface area contributed by atoms with Gasteiger partial charge < -0.3 is 14.7 Å². The van der Waals surface area contributed by atoms with Crippen molar-refractivity contribution in [3.8, 4) is 0 Å². The SMILES string of the molecule is Cc1ccc(C(=O)N2CCC(N3CCN(Cc4ccccn4)C(=O)C3=O)CC2)cc1. The molecule has 30 heavy (non-hydrogen) atoms.